The van der Waals surface area contributed by atoms with Crippen LogP contribution in [0, 0.1) is 0 Å². The van der Waals surface area contributed by atoms with E-state index in [1.54, 1.807) is 0 Å². The fourth-order valence-corrected chi connectivity index (χ4v) is 1.78. The molecule has 0 aromatic rings. The number of hydrogen-bond donors (Lipinski definition) is 0. The van der Waals surface area contributed by atoms with Crippen molar-refractivity contribution in [2.24, 2.45) is 0 Å². The Kier molecular flexibility index (Phi) is 3.96. The number of likely N-dealkylation sites (tertiary alicyclic amines) is 1. The molecule has 3 heteroatoms. The van der Waals surface area contributed by atoms with E-state index in [4.69, 9.17) is 0 Å². The second-order valence-corrected chi connectivity index (χ2v) is 3.60. The van der Waals surface area contributed by atoms with Gasteiger partial charge in [-0.15, -0.1) is 6.58 Å². The zero-order valence-electron chi connectivity index (χ0n) is 8.28. The molecule has 1 heterocycles. The lowest BCUT2D eigenvalue weighted by atomic mass is 10.0. The summed E-state index contributed by atoms with van der Waals surface area (Å²) < 4.78 is 0. The number of carbonyl (C=O) groups excluding carboxylic acids is 1. The van der Waals surface area contributed by atoms with Crippen molar-refractivity contribution in [2.75, 3.05) is 26.7 Å². The number of piperidine rings is 1. The van der Waals surface area contributed by atoms with Gasteiger partial charge < -0.3 is 4.90 Å². The smallest absolute Gasteiger partial charge is 0.209 e. The van der Waals surface area contributed by atoms with E-state index < -0.39 is 0 Å². The van der Waals surface area contributed by atoms with Gasteiger partial charge in [0.1, 0.15) is 0 Å². The topological polar surface area (TPSA) is 23.6 Å². The highest BCUT2D eigenvalue weighted by molar-refractivity contribution is 5.47. The molecule has 74 valence electrons. The van der Waals surface area contributed by atoms with Crippen LogP contribution in [0.5, 0.6) is 0 Å². The number of likely N-dealkylation sites (N-methyl/N-ethyl adjacent to an activating group) is 1. The third-order valence-electron chi connectivity index (χ3n) is 2.69. The van der Waals surface area contributed by atoms with Crippen molar-refractivity contribution in [3.8, 4) is 0 Å². The van der Waals surface area contributed by atoms with Crippen molar-refractivity contribution in [2.45, 2.75) is 18.9 Å². The summed E-state index contributed by atoms with van der Waals surface area (Å²) in [6.45, 7) is 6.45. The average molecular weight is 182 g/mol. The largest absolute Gasteiger partial charge is 0.345 e. The Balaban J connectivity index is 2.31. The molecule has 0 spiro atoms. The van der Waals surface area contributed by atoms with Crippen LogP contribution in [0.1, 0.15) is 12.8 Å². The van der Waals surface area contributed by atoms with E-state index in [1.165, 1.54) is 0 Å². The fourth-order valence-electron chi connectivity index (χ4n) is 1.78. The van der Waals surface area contributed by atoms with Crippen LogP contribution in [0.4, 0.5) is 0 Å². The van der Waals surface area contributed by atoms with Gasteiger partial charge in [-0.05, 0) is 19.9 Å². The predicted molar refractivity (Wildman–Crippen MR) is 53.5 cm³/mol. The van der Waals surface area contributed by atoms with Crippen molar-refractivity contribution in [1.82, 2.24) is 9.80 Å². The summed E-state index contributed by atoms with van der Waals surface area (Å²) in [4.78, 5) is 14.6. The predicted octanol–water partition coefficient (Wildman–Crippen LogP) is 0.725. The van der Waals surface area contributed by atoms with Crippen LogP contribution in [0.15, 0.2) is 12.7 Å². The molecule has 1 aliphatic rings. The Morgan fingerprint density at radius 1 is 1.54 bits per heavy atom. The molecule has 0 saturated carbocycles. The molecule has 0 radical (unpaired) electrons. The zero-order chi connectivity index (χ0) is 9.68. The van der Waals surface area contributed by atoms with E-state index in [-0.39, 0.29) is 0 Å². The lowest BCUT2D eigenvalue weighted by molar-refractivity contribution is -0.119. The number of rotatable bonds is 4. The van der Waals surface area contributed by atoms with Crippen molar-refractivity contribution < 1.29 is 4.79 Å². The van der Waals surface area contributed by atoms with Gasteiger partial charge in [0, 0.05) is 25.7 Å². The molecule has 1 fully saturated rings. The lowest BCUT2D eigenvalue weighted by Gasteiger charge is -2.34. The van der Waals surface area contributed by atoms with Crippen molar-refractivity contribution >= 4 is 6.41 Å². The van der Waals surface area contributed by atoms with E-state index in [0.717, 1.165) is 38.9 Å². The first-order valence-electron chi connectivity index (χ1n) is 4.78. The van der Waals surface area contributed by atoms with Crippen LogP contribution in [0.3, 0.4) is 0 Å². The maximum absolute atomic E-state index is 10.5. The molecular formula is C10H18N2O. The quantitative estimate of drug-likeness (QED) is 0.472. The Labute approximate surface area is 80.0 Å². The number of carbonyl (C=O) groups is 1. The molecule has 0 N–H and O–H groups in total. The molecule has 1 aliphatic heterocycles. The second-order valence-electron chi connectivity index (χ2n) is 3.60. The first-order valence-corrected chi connectivity index (χ1v) is 4.78. The van der Waals surface area contributed by atoms with Gasteiger partial charge in [0.05, 0.1) is 0 Å². The highest BCUT2D eigenvalue weighted by Crippen LogP contribution is 2.13. The van der Waals surface area contributed by atoms with Crippen LogP contribution < -0.4 is 0 Å². The third-order valence-corrected chi connectivity index (χ3v) is 2.69. The highest BCUT2D eigenvalue weighted by Gasteiger charge is 2.20. The minimum atomic E-state index is 0.620. The molecule has 1 saturated heterocycles. The first-order chi connectivity index (χ1) is 6.27. The summed E-state index contributed by atoms with van der Waals surface area (Å²) in [7, 11) is 2.11. The molecule has 1 rings (SSSR count). The van der Waals surface area contributed by atoms with Crippen molar-refractivity contribution in [3.63, 3.8) is 0 Å². The summed E-state index contributed by atoms with van der Waals surface area (Å²) in [5.41, 5.74) is 0. The molecule has 0 aromatic carbocycles. The molecule has 0 aromatic heterocycles. The summed E-state index contributed by atoms with van der Waals surface area (Å²) in [6.07, 6.45) is 5.04. The van der Waals surface area contributed by atoms with E-state index in [0.29, 0.717) is 6.04 Å². The highest BCUT2D eigenvalue weighted by atomic mass is 16.1. The summed E-state index contributed by atoms with van der Waals surface area (Å²) in [5.74, 6) is 0. The SMILES string of the molecule is C=CCN(C)C1CCN(C=O)CC1. The van der Waals surface area contributed by atoms with E-state index in [1.807, 2.05) is 11.0 Å². The van der Waals surface area contributed by atoms with Gasteiger partial charge in [-0.1, -0.05) is 6.08 Å². The number of nitrogens with zero attached hydrogens (tertiary/aromatic N) is 2. The van der Waals surface area contributed by atoms with Gasteiger partial charge in [0.25, 0.3) is 0 Å². The average Bonchev–Trinajstić information content (AvgIpc) is 2.18. The normalized spacial score (nSPS) is 19.1. The number of amides is 1. The molecule has 0 atom stereocenters. The van der Waals surface area contributed by atoms with Gasteiger partial charge in [-0.25, -0.2) is 0 Å². The first kappa shape index (κ1) is 10.3. The molecule has 0 bridgehead atoms. The molecule has 1 amide bonds. The Hall–Kier alpha value is -0.830. The Morgan fingerprint density at radius 3 is 2.62 bits per heavy atom. The van der Waals surface area contributed by atoms with E-state index in [9.17, 15) is 4.79 Å². The van der Waals surface area contributed by atoms with Crippen LogP contribution in [0.2, 0.25) is 0 Å². The maximum Gasteiger partial charge on any atom is 0.209 e. The van der Waals surface area contributed by atoms with E-state index >= 15 is 0 Å². The minimum Gasteiger partial charge on any atom is -0.345 e. The molecule has 3 nitrogen and oxygen atoms in total. The van der Waals surface area contributed by atoms with Crippen LogP contribution in [-0.4, -0.2) is 48.9 Å². The standard InChI is InChI=1S/C10H18N2O/c1-3-6-11(2)10-4-7-12(9-13)8-5-10/h3,9-10H,1,4-8H2,2H3. The van der Waals surface area contributed by atoms with Gasteiger partial charge in [0.2, 0.25) is 6.41 Å². The lowest BCUT2D eigenvalue weighted by Crippen LogP contribution is -2.42. The van der Waals surface area contributed by atoms with Gasteiger partial charge >= 0.3 is 0 Å². The van der Waals surface area contributed by atoms with Crippen molar-refractivity contribution in [3.05, 3.63) is 12.7 Å². The van der Waals surface area contributed by atoms with Gasteiger partial charge in [0.15, 0.2) is 0 Å². The van der Waals surface area contributed by atoms with Gasteiger partial charge in [-0.3, -0.25) is 9.69 Å². The summed E-state index contributed by atoms with van der Waals surface area (Å²) in [6, 6.07) is 0.620. The summed E-state index contributed by atoms with van der Waals surface area (Å²) in [5, 5.41) is 0. The van der Waals surface area contributed by atoms with Gasteiger partial charge in [-0.2, -0.15) is 0 Å². The third kappa shape index (κ3) is 2.84. The maximum atomic E-state index is 10.5. The van der Waals surface area contributed by atoms with E-state index in [2.05, 4.69) is 18.5 Å². The molecule has 13 heavy (non-hydrogen) atoms. The molecular weight excluding hydrogens is 164 g/mol. The summed E-state index contributed by atoms with van der Waals surface area (Å²) >= 11 is 0. The van der Waals surface area contributed by atoms with Crippen LogP contribution >= 0.6 is 0 Å². The molecule has 0 unspecified atom stereocenters. The Morgan fingerprint density at radius 2 is 2.15 bits per heavy atom. The zero-order valence-corrected chi connectivity index (χ0v) is 8.28. The minimum absolute atomic E-state index is 0.620. The molecule has 0 aliphatic carbocycles. The van der Waals surface area contributed by atoms with Crippen LogP contribution in [-0.2, 0) is 4.79 Å². The second kappa shape index (κ2) is 5.02. The fraction of sp³-hybridized carbons (Fsp3) is 0.700. The Bertz CT molecular complexity index is 174. The van der Waals surface area contributed by atoms with Crippen LogP contribution in [0.25, 0.3) is 0 Å². The number of hydrogen-bond acceptors (Lipinski definition) is 2. The van der Waals surface area contributed by atoms with Crippen molar-refractivity contribution in [1.29, 1.82) is 0 Å². The monoisotopic (exact) mass is 182 g/mol.